The fourth-order valence-electron chi connectivity index (χ4n) is 1.83. The van der Waals surface area contributed by atoms with E-state index in [4.69, 9.17) is 4.52 Å². The molecule has 84 valence electrons. The summed E-state index contributed by atoms with van der Waals surface area (Å²) in [6, 6.07) is 11.2. The zero-order valence-electron chi connectivity index (χ0n) is 9.23. The van der Waals surface area contributed by atoms with Crippen molar-refractivity contribution in [3.8, 4) is 11.3 Å². The molecule has 0 aliphatic carbocycles. The predicted molar refractivity (Wildman–Crippen MR) is 64.8 cm³/mol. The molecule has 1 aromatic carbocycles. The lowest BCUT2D eigenvalue weighted by atomic mass is 10.1. The van der Waals surface area contributed by atoms with Crippen molar-refractivity contribution < 1.29 is 4.52 Å². The molecule has 0 unspecified atom stereocenters. The second kappa shape index (κ2) is 3.59. The van der Waals surface area contributed by atoms with Crippen LogP contribution in [0, 0.1) is 6.92 Å². The van der Waals surface area contributed by atoms with Crippen molar-refractivity contribution in [3.63, 3.8) is 0 Å². The number of rotatable bonds is 1. The van der Waals surface area contributed by atoms with Crippen LogP contribution in [0.1, 0.15) is 5.69 Å². The second-order valence-corrected chi connectivity index (χ2v) is 3.89. The molecule has 0 bridgehead atoms. The summed E-state index contributed by atoms with van der Waals surface area (Å²) < 4.78 is 4.98. The van der Waals surface area contributed by atoms with E-state index in [1.165, 1.54) is 6.07 Å². The lowest BCUT2D eigenvalue weighted by molar-refractivity contribution is 0.448. The van der Waals surface area contributed by atoms with Crippen molar-refractivity contribution in [2.75, 3.05) is 0 Å². The molecular weight excluding hydrogens is 216 g/mol. The lowest BCUT2D eigenvalue weighted by Crippen LogP contribution is -2.01. The zero-order valence-corrected chi connectivity index (χ0v) is 9.23. The molecule has 2 aromatic heterocycles. The Morgan fingerprint density at radius 3 is 2.76 bits per heavy atom. The van der Waals surface area contributed by atoms with Crippen LogP contribution in [0.2, 0.25) is 0 Å². The molecule has 2 heterocycles. The third-order valence-electron chi connectivity index (χ3n) is 2.71. The minimum absolute atomic E-state index is 0.154. The highest BCUT2D eigenvalue weighted by Gasteiger charge is 2.10. The van der Waals surface area contributed by atoms with Gasteiger partial charge in [-0.15, -0.1) is 0 Å². The maximum Gasteiger partial charge on any atom is 0.230 e. The van der Waals surface area contributed by atoms with Crippen LogP contribution < -0.4 is 5.43 Å². The first-order valence-corrected chi connectivity index (χ1v) is 5.30. The molecule has 0 radical (unpaired) electrons. The largest absolute Gasteiger partial charge is 0.350 e. The van der Waals surface area contributed by atoms with Crippen LogP contribution in [-0.2, 0) is 0 Å². The SMILES string of the molecule is Cc1noc2c(=O)cc(-c3ccccc3)[nH]c12. The number of aromatic amines is 1. The van der Waals surface area contributed by atoms with Gasteiger partial charge in [0.15, 0.2) is 0 Å². The normalized spacial score (nSPS) is 10.9. The Balaban J connectivity index is 2.32. The summed E-state index contributed by atoms with van der Waals surface area (Å²) in [6.07, 6.45) is 0. The number of nitrogens with zero attached hydrogens (tertiary/aromatic N) is 1. The molecule has 0 aliphatic rings. The first kappa shape index (κ1) is 9.84. The number of benzene rings is 1. The van der Waals surface area contributed by atoms with E-state index in [2.05, 4.69) is 10.1 Å². The second-order valence-electron chi connectivity index (χ2n) is 3.89. The average molecular weight is 226 g/mol. The van der Waals surface area contributed by atoms with Gasteiger partial charge in [-0.3, -0.25) is 4.79 Å². The van der Waals surface area contributed by atoms with Crippen LogP contribution in [0.15, 0.2) is 45.7 Å². The monoisotopic (exact) mass is 226 g/mol. The highest BCUT2D eigenvalue weighted by molar-refractivity contribution is 5.78. The molecule has 0 saturated carbocycles. The molecule has 0 atom stereocenters. The number of hydrogen-bond acceptors (Lipinski definition) is 3. The number of aryl methyl sites for hydroxylation is 1. The summed E-state index contributed by atoms with van der Waals surface area (Å²) in [5.74, 6) is 0. The van der Waals surface area contributed by atoms with Crippen molar-refractivity contribution in [1.29, 1.82) is 0 Å². The Morgan fingerprint density at radius 1 is 1.24 bits per heavy atom. The third kappa shape index (κ3) is 1.54. The molecule has 4 nitrogen and oxygen atoms in total. The minimum atomic E-state index is -0.154. The predicted octanol–water partition coefficient (Wildman–Crippen LogP) is 2.49. The smallest absolute Gasteiger partial charge is 0.230 e. The fraction of sp³-hybridized carbons (Fsp3) is 0.0769. The number of fused-ring (bicyclic) bond motifs is 1. The average Bonchev–Trinajstić information content (AvgIpc) is 2.73. The van der Waals surface area contributed by atoms with Crippen molar-refractivity contribution in [2.45, 2.75) is 6.92 Å². The number of H-pyrrole nitrogens is 1. The quantitative estimate of drug-likeness (QED) is 0.693. The first-order valence-electron chi connectivity index (χ1n) is 5.30. The molecule has 0 spiro atoms. The Kier molecular flexibility index (Phi) is 2.08. The van der Waals surface area contributed by atoms with Gasteiger partial charge in [-0.05, 0) is 12.5 Å². The summed E-state index contributed by atoms with van der Waals surface area (Å²) in [5, 5.41) is 3.79. The Hall–Kier alpha value is -2.36. The van der Waals surface area contributed by atoms with Gasteiger partial charge in [0.05, 0.1) is 0 Å². The number of pyridine rings is 1. The number of aromatic nitrogens is 2. The fourth-order valence-corrected chi connectivity index (χ4v) is 1.83. The molecule has 0 aliphatic heterocycles. The lowest BCUT2D eigenvalue weighted by Gasteiger charge is -2.01. The highest BCUT2D eigenvalue weighted by atomic mass is 16.5. The van der Waals surface area contributed by atoms with Gasteiger partial charge < -0.3 is 9.51 Å². The van der Waals surface area contributed by atoms with Crippen molar-refractivity contribution in [1.82, 2.24) is 10.1 Å². The van der Waals surface area contributed by atoms with Crippen LogP contribution in [0.5, 0.6) is 0 Å². The van der Waals surface area contributed by atoms with E-state index in [0.717, 1.165) is 11.3 Å². The summed E-state index contributed by atoms with van der Waals surface area (Å²) in [4.78, 5) is 15.0. The van der Waals surface area contributed by atoms with Crippen LogP contribution in [0.3, 0.4) is 0 Å². The van der Waals surface area contributed by atoms with Gasteiger partial charge in [0.25, 0.3) is 0 Å². The molecule has 3 aromatic rings. The Bertz CT molecular complexity index is 726. The van der Waals surface area contributed by atoms with Gasteiger partial charge in [0.2, 0.25) is 11.0 Å². The molecule has 1 N–H and O–H groups in total. The topological polar surface area (TPSA) is 58.9 Å². The van der Waals surface area contributed by atoms with E-state index in [1.807, 2.05) is 30.3 Å². The first-order chi connectivity index (χ1) is 8.25. The van der Waals surface area contributed by atoms with E-state index >= 15 is 0 Å². The summed E-state index contributed by atoms with van der Waals surface area (Å²) in [6.45, 7) is 1.80. The van der Waals surface area contributed by atoms with E-state index in [1.54, 1.807) is 6.92 Å². The van der Waals surface area contributed by atoms with Gasteiger partial charge in [-0.2, -0.15) is 0 Å². The molecule has 17 heavy (non-hydrogen) atoms. The van der Waals surface area contributed by atoms with Gasteiger partial charge in [0.1, 0.15) is 11.2 Å². The van der Waals surface area contributed by atoms with Crippen LogP contribution in [0.25, 0.3) is 22.4 Å². The molecular formula is C13H10N2O2. The van der Waals surface area contributed by atoms with Gasteiger partial charge in [0, 0.05) is 11.8 Å². The van der Waals surface area contributed by atoms with Gasteiger partial charge in [-0.1, -0.05) is 35.5 Å². The molecule has 0 amide bonds. The number of hydrogen-bond donors (Lipinski definition) is 1. The van der Waals surface area contributed by atoms with Crippen molar-refractivity contribution in [2.24, 2.45) is 0 Å². The summed E-state index contributed by atoms with van der Waals surface area (Å²) in [5.41, 5.74) is 3.22. The Morgan fingerprint density at radius 2 is 2.00 bits per heavy atom. The standard InChI is InChI=1S/C13H10N2O2/c1-8-12-13(17-15-8)11(16)7-10(14-12)9-5-3-2-4-6-9/h2-7H,1H3,(H,14,16). The van der Waals surface area contributed by atoms with Gasteiger partial charge >= 0.3 is 0 Å². The molecule has 0 fully saturated rings. The molecule has 4 heteroatoms. The molecule has 3 rings (SSSR count). The van der Waals surface area contributed by atoms with E-state index in [0.29, 0.717) is 11.2 Å². The summed E-state index contributed by atoms with van der Waals surface area (Å²) in [7, 11) is 0. The Labute approximate surface area is 96.9 Å². The summed E-state index contributed by atoms with van der Waals surface area (Å²) >= 11 is 0. The van der Waals surface area contributed by atoms with Crippen LogP contribution in [-0.4, -0.2) is 10.1 Å². The van der Waals surface area contributed by atoms with Crippen molar-refractivity contribution in [3.05, 3.63) is 52.3 Å². The van der Waals surface area contributed by atoms with Crippen molar-refractivity contribution >= 4 is 11.1 Å². The molecule has 0 saturated heterocycles. The van der Waals surface area contributed by atoms with E-state index < -0.39 is 0 Å². The highest BCUT2D eigenvalue weighted by Crippen LogP contribution is 2.19. The van der Waals surface area contributed by atoms with E-state index in [9.17, 15) is 4.79 Å². The zero-order chi connectivity index (χ0) is 11.8. The maximum absolute atomic E-state index is 11.8. The maximum atomic E-state index is 11.8. The minimum Gasteiger partial charge on any atom is -0.350 e. The van der Waals surface area contributed by atoms with E-state index in [-0.39, 0.29) is 11.0 Å². The van der Waals surface area contributed by atoms with Gasteiger partial charge in [-0.25, -0.2) is 0 Å². The third-order valence-corrected chi connectivity index (χ3v) is 2.71. The van der Waals surface area contributed by atoms with Crippen LogP contribution in [0.4, 0.5) is 0 Å². The van der Waals surface area contributed by atoms with Crippen LogP contribution >= 0.6 is 0 Å². The number of nitrogens with one attached hydrogen (secondary N) is 1.